The van der Waals surface area contributed by atoms with E-state index in [1.54, 1.807) is 0 Å². The van der Waals surface area contributed by atoms with Crippen LogP contribution in [0.4, 0.5) is 0 Å². The third-order valence-corrected chi connectivity index (χ3v) is 3.05. The number of esters is 1. The van der Waals surface area contributed by atoms with Gasteiger partial charge in [0.25, 0.3) is 0 Å². The fraction of sp³-hybridized carbons (Fsp3) is 0.700. The van der Waals surface area contributed by atoms with Gasteiger partial charge in [-0.3, -0.25) is 0 Å². The highest BCUT2D eigenvalue weighted by Crippen LogP contribution is 2.37. The maximum absolute atomic E-state index is 11.6. The molecule has 1 atom stereocenters. The van der Waals surface area contributed by atoms with Gasteiger partial charge in [-0.2, -0.15) is 0 Å². The van der Waals surface area contributed by atoms with Gasteiger partial charge >= 0.3 is 5.97 Å². The van der Waals surface area contributed by atoms with Crippen LogP contribution in [0.3, 0.4) is 0 Å². The van der Waals surface area contributed by atoms with Crippen molar-refractivity contribution in [1.82, 2.24) is 10.6 Å². The molecule has 78 valence electrons. The molecule has 0 amide bonds. The van der Waals surface area contributed by atoms with Gasteiger partial charge in [0.05, 0.1) is 5.57 Å². The van der Waals surface area contributed by atoms with E-state index in [2.05, 4.69) is 10.6 Å². The van der Waals surface area contributed by atoms with E-state index < -0.39 is 0 Å². The largest absolute Gasteiger partial charge is 0.456 e. The van der Waals surface area contributed by atoms with E-state index >= 15 is 0 Å². The van der Waals surface area contributed by atoms with Crippen LogP contribution in [-0.4, -0.2) is 24.7 Å². The van der Waals surface area contributed by atoms with Crippen molar-refractivity contribution < 1.29 is 9.53 Å². The van der Waals surface area contributed by atoms with Crippen LogP contribution in [0, 0.1) is 5.92 Å². The molecule has 0 saturated carbocycles. The molecule has 4 nitrogen and oxygen atoms in total. The minimum absolute atomic E-state index is 0.128. The Morgan fingerprint density at radius 1 is 1.36 bits per heavy atom. The molecule has 0 bridgehead atoms. The molecule has 2 rings (SSSR count). The molecule has 0 aromatic rings. The van der Waals surface area contributed by atoms with Crippen molar-refractivity contribution in [3.63, 3.8) is 0 Å². The maximum Gasteiger partial charge on any atom is 0.338 e. The Hall–Kier alpha value is -1.19. The average molecular weight is 196 g/mol. The molecule has 2 fully saturated rings. The molecule has 0 spiro atoms. The number of carbonyl (C=O) groups is 1. The van der Waals surface area contributed by atoms with E-state index in [0.717, 1.165) is 24.5 Å². The third kappa shape index (κ3) is 1.25. The number of carbonyl (C=O) groups excluding carboxylic acids is 1. The van der Waals surface area contributed by atoms with Gasteiger partial charge in [0.2, 0.25) is 0 Å². The summed E-state index contributed by atoms with van der Waals surface area (Å²) in [5.74, 6) is 0.788. The second kappa shape index (κ2) is 2.90. The van der Waals surface area contributed by atoms with Gasteiger partial charge < -0.3 is 15.4 Å². The summed E-state index contributed by atoms with van der Waals surface area (Å²) in [5, 5.41) is 6.33. The Morgan fingerprint density at radius 3 is 2.36 bits per heavy atom. The lowest BCUT2D eigenvalue weighted by Gasteiger charge is -2.21. The van der Waals surface area contributed by atoms with Gasteiger partial charge in [0.1, 0.15) is 11.4 Å². The molecule has 4 heteroatoms. The van der Waals surface area contributed by atoms with Crippen molar-refractivity contribution in [1.29, 1.82) is 0 Å². The first-order valence-electron chi connectivity index (χ1n) is 4.97. The zero-order chi connectivity index (χ0) is 10.3. The number of rotatable bonds is 0. The summed E-state index contributed by atoms with van der Waals surface area (Å²) in [5.41, 5.74) is 0.373. The summed E-state index contributed by atoms with van der Waals surface area (Å²) in [6, 6.07) is 0. The number of ether oxygens (including phenoxy) is 1. The first kappa shape index (κ1) is 9.37. The number of cyclic esters (lactones) is 1. The number of nitrogens with one attached hydrogen (secondary N) is 2. The smallest absolute Gasteiger partial charge is 0.338 e. The second-order valence-corrected chi connectivity index (χ2v) is 4.36. The standard InChI is InChI=1S/C10H16N2O2/c1-6-7(8-11-4-5-12-8)9(13)14-10(6,2)3/h6,11-12H,4-5H2,1-3H3. The van der Waals surface area contributed by atoms with Crippen molar-refractivity contribution in [2.24, 2.45) is 5.92 Å². The van der Waals surface area contributed by atoms with Crippen LogP contribution in [0.1, 0.15) is 20.8 Å². The van der Waals surface area contributed by atoms with Crippen LogP contribution < -0.4 is 10.6 Å². The molecule has 2 N–H and O–H groups in total. The van der Waals surface area contributed by atoms with E-state index in [-0.39, 0.29) is 17.5 Å². The van der Waals surface area contributed by atoms with Crippen LogP contribution >= 0.6 is 0 Å². The summed E-state index contributed by atoms with van der Waals surface area (Å²) in [4.78, 5) is 11.6. The average Bonchev–Trinajstić information content (AvgIpc) is 2.61. The molecule has 2 heterocycles. The Bertz CT molecular complexity index is 299. The highest BCUT2D eigenvalue weighted by atomic mass is 16.6. The first-order valence-corrected chi connectivity index (χ1v) is 4.97. The Morgan fingerprint density at radius 2 is 1.93 bits per heavy atom. The predicted molar refractivity (Wildman–Crippen MR) is 52.4 cm³/mol. The van der Waals surface area contributed by atoms with Gasteiger partial charge in [-0.1, -0.05) is 6.92 Å². The Kier molecular flexibility index (Phi) is 1.94. The SMILES string of the molecule is CC1C(=C2NCCN2)C(=O)OC1(C)C. The van der Waals surface area contributed by atoms with Crippen LogP contribution in [0.2, 0.25) is 0 Å². The van der Waals surface area contributed by atoms with Crippen molar-refractivity contribution in [3.05, 3.63) is 11.4 Å². The van der Waals surface area contributed by atoms with Gasteiger partial charge in [-0.15, -0.1) is 0 Å². The quantitative estimate of drug-likeness (QED) is 0.434. The maximum atomic E-state index is 11.6. The molecule has 2 saturated heterocycles. The number of hydrogen-bond donors (Lipinski definition) is 2. The molecular weight excluding hydrogens is 180 g/mol. The summed E-state index contributed by atoms with van der Waals surface area (Å²) in [6.45, 7) is 7.66. The summed E-state index contributed by atoms with van der Waals surface area (Å²) in [7, 11) is 0. The lowest BCUT2D eigenvalue weighted by Crippen LogP contribution is -2.26. The van der Waals surface area contributed by atoms with Crippen molar-refractivity contribution in [3.8, 4) is 0 Å². The first-order chi connectivity index (χ1) is 6.52. The zero-order valence-electron chi connectivity index (χ0n) is 8.81. The van der Waals surface area contributed by atoms with Crippen LogP contribution in [0.25, 0.3) is 0 Å². The van der Waals surface area contributed by atoms with Crippen LogP contribution in [-0.2, 0) is 9.53 Å². The Balaban J connectivity index is 2.36. The molecule has 1 unspecified atom stereocenters. The summed E-state index contributed by atoms with van der Waals surface area (Å²) < 4.78 is 5.31. The fourth-order valence-electron chi connectivity index (χ4n) is 1.85. The van der Waals surface area contributed by atoms with E-state index in [0.29, 0.717) is 0 Å². The molecule has 14 heavy (non-hydrogen) atoms. The monoisotopic (exact) mass is 196 g/mol. The summed E-state index contributed by atoms with van der Waals surface area (Å²) in [6.07, 6.45) is 0. The number of hydrogen-bond acceptors (Lipinski definition) is 4. The minimum Gasteiger partial charge on any atom is -0.456 e. The molecule has 0 radical (unpaired) electrons. The van der Waals surface area contributed by atoms with Gasteiger partial charge in [0.15, 0.2) is 0 Å². The lowest BCUT2D eigenvalue weighted by molar-refractivity contribution is -0.144. The van der Waals surface area contributed by atoms with E-state index in [1.165, 1.54) is 0 Å². The van der Waals surface area contributed by atoms with Crippen molar-refractivity contribution in [2.45, 2.75) is 26.4 Å². The topological polar surface area (TPSA) is 50.4 Å². The predicted octanol–water partition coefficient (Wildman–Crippen LogP) is 0.362. The van der Waals surface area contributed by atoms with Crippen LogP contribution in [0.5, 0.6) is 0 Å². The summed E-state index contributed by atoms with van der Waals surface area (Å²) >= 11 is 0. The lowest BCUT2D eigenvalue weighted by atomic mass is 9.89. The normalized spacial score (nSPS) is 29.9. The third-order valence-electron chi connectivity index (χ3n) is 3.05. The van der Waals surface area contributed by atoms with Gasteiger partial charge in [-0.05, 0) is 13.8 Å². The molecule has 2 aliphatic heterocycles. The molecule has 0 aromatic heterocycles. The van der Waals surface area contributed by atoms with E-state index in [4.69, 9.17) is 4.74 Å². The van der Waals surface area contributed by atoms with Crippen molar-refractivity contribution in [2.75, 3.05) is 13.1 Å². The highest BCUT2D eigenvalue weighted by molar-refractivity contribution is 5.92. The second-order valence-electron chi connectivity index (χ2n) is 4.36. The highest BCUT2D eigenvalue weighted by Gasteiger charge is 2.45. The minimum atomic E-state index is -0.384. The fourth-order valence-corrected chi connectivity index (χ4v) is 1.85. The Labute approximate surface area is 83.7 Å². The van der Waals surface area contributed by atoms with Gasteiger partial charge in [-0.25, -0.2) is 4.79 Å². The zero-order valence-corrected chi connectivity index (χ0v) is 8.81. The van der Waals surface area contributed by atoms with Crippen LogP contribution in [0.15, 0.2) is 11.4 Å². The van der Waals surface area contributed by atoms with E-state index in [9.17, 15) is 4.79 Å². The van der Waals surface area contributed by atoms with E-state index in [1.807, 2.05) is 20.8 Å². The van der Waals surface area contributed by atoms with Crippen molar-refractivity contribution >= 4 is 5.97 Å². The molecule has 0 aliphatic carbocycles. The molecule has 0 aromatic carbocycles. The van der Waals surface area contributed by atoms with Gasteiger partial charge in [0, 0.05) is 19.0 Å². The molecular formula is C10H16N2O2. The molecule has 2 aliphatic rings.